The largest absolute Gasteiger partial charge is 0.439 e. The minimum absolute atomic E-state index is 0.0971. The lowest BCUT2D eigenvalue weighted by Crippen LogP contribution is -2.45. The van der Waals surface area contributed by atoms with Gasteiger partial charge < -0.3 is 20.3 Å². The molecule has 0 radical (unpaired) electrons. The van der Waals surface area contributed by atoms with Gasteiger partial charge in [-0.15, -0.1) is 0 Å². The van der Waals surface area contributed by atoms with Crippen LogP contribution in [0.5, 0.6) is 11.6 Å². The van der Waals surface area contributed by atoms with Crippen molar-refractivity contribution in [3.05, 3.63) is 115 Å². The summed E-state index contributed by atoms with van der Waals surface area (Å²) in [7, 11) is 0. The second kappa shape index (κ2) is 13.1. The SMILES string of the molecule is CC(=O)Nc1ccc(-c2ccnc(Nc3ccc(N4CCN(Cc5ccc(Oc6ccccc6)nc5)CC4)cc3)n2)cc1. The quantitative estimate of drug-likeness (QED) is 0.211. The van der Waals surface area contributed by atoms with E-state index in [1.165, 1.54) is 18.2 Å². The average molecular weight is 572 g/mol. The molecule has 216 valence electrons. The Bertz CT molecular complexity index is 1640. The van der Waals surface area contributed by atoms with Gasteiger partial charge in [0, 0.05) is 80.7 Å². The predicted octanol–water partition coefficient (Wildman–Crippen LogP) is 6.36. The number of hydrogen-bond acceptors (Lipinski definition) is 8. The van der Waals surface area contributed by atoms with E-state index in [0.29, 0.717) is 11.8 Å². The topological polar surface area (TPSA) is 95.5 Å². The van der Waals surface area contributed by atoms with E-state index in [9.17, 15) is 4.79 Å². The van der Waals surface area contributed by atoms with E-state index in [2.05, 4.69) is 65.7 Å². The molecule has 9 heteroatoms. The molecule has 1 amide bonds. The van der Waals surface area contributed by atoms with Crippen molar-refractivity contribution in [2.45, 2.75) is 13.5 Å². The zero-order valence-electron chi connectivity index (χ0n) is 24.0. The molecular weight excluding hydrogens is 538 g/mol. The van der Waals surface area contributed by atoms with Gasteiger partial charge in [-0.3, -0.25) is 9.69 Å². The summed E-state index contributed by atoms with van der Waals surface area (Å²) in [5.74, 6) is 1.82. The van der Waals surface area contributed by atoms with Crippen molar-refractivity contribution in [2.75, 3.05) is 41.7 Å². The predicted molar refractivity (Wildman–Crippen MR) is 170 cm³/mol. The molecule has 1 saturated heterocycles. The molecular formula is C34H33N7O2. The van der Waals surface area contributed by atoms with Gasteiger partial charge in [0.15, 0.2) is 0 Å². The van der Waals surface area contributed by atoms with Crippen molar-refractivity contribution >= 4 is 28.9 Å². The molecule has 0 unspecified atom stereocenters. The van der Waals surface area contributed by atoms with Crippen LogP contribution < -0.4 is 20.3 Å². The standard InChI is InChI=1S/C34H33N7O2/c1-25(42)37-28-10-8-27(9-11-28)32-17-18-35-34(39-32)38-29-12-14-30(15-13-29)41-21-19-40(20-22-41)24-26-7-16-33(36-23-26)43-31-5-3-2-4-6-31/h2-18,23H,19-22,24H2,1H3,(H,37,42)(H,35,38,39). The van der Waals surface area contributed by atoms with Gasteiger partial charge in [-0.25, -0.2) is 15.0 Å². The Morgan fingerprint density at radius 3 is 2.26 bits per heavy atom. The Labute approximate surface area is 251 Å². The molecule has 0 aliphatic carbocycles. The number of carbonyl (C=O) groups excluding carboxylic acids is 1. The van der Waals surface area contributed by atoms with E-state index in [4.69, 9.17) is 4.74 Å². The van der Waals surface area contributed by atoms with Crippen LogP contribution >= 0.6 is 0 Å². The second-order valence-corrected chi connectivity index (χ2v) is 10.4. The maximum absolute atomic E-state index is 11.3. The minimum atomic E-state index is -0.0971. The summed E-state index contributed by atoms with van der Waals surface area (Å²) in [6.07, 6.45) is 3.64. The van der Waals surface area contributed by atoms with Crippen molar-refractivity contribution in [3.63, 3.8) is 0 Å². The van der Waals surface area contributed by atoms with Crippen molar-refractivity contribution in [2.24, 2.45) is 0 Å². The van der Waals surface area contributed by atoms with Crippen LogP contribution in [0.3, 0.4) is 0 Å². The van der Waals surface area contributed by atoms with Crippen LogP contribution in [-0.4, -0.2) is 51.9 Å². The molecule has 1 aliphatic heterocycles. The van der Waals surface area contributed by atoms with E-state index >= 15 is 0 Å². The zero-order valence-corrected chi connectivity index (χ0v) is 24.0. The highest BCUT2D eigenvalue weighted by Gasteiger charge is 2.18. The lowest BCUT2D eigenvalue weighted by atomic mass is 10.1. The molecule has 0 spiro atoms. The zero-order chi connectivity index (χ0) is 29.4. The van der Waals surface area contributed by atoms with Crippen molar-refractivity contribution < 1.29 is 9.53 Å². The molecule has 2 aromatic heterocycles. The Morgan fingerprint density at radius 1 is 0.814 bits per heavy atom. The minimum Gasteiger partial charge on any atom is -0.439 e. The number of para-hydroxylation sites is 1. The number of piperazine rings is 1. The van der Waals surface area contributed by atoms with E-state index in [1.807, 2.05) is 72.9 Å². The first kappa shape index (κ1) is 27.9. The average Bonchev–Trinajstić information content (AvgIpc) is 3.04. The van der Waals surface area contributed by atoms with E-state index in [-0.39, 0.29) is 5.91 Å². The summed E-state index contributed by atoms with van der Waals surface area (Å²) in [5, 5.41) is 6.09. The number of carbonyl (C=O) groups is 1. The van der Waals surface area contributed by atoms with Crippen molar-refractivity contribution in [3.8, 4) is 22.9 Å². The van der Waals surface area contributed by atoms with Gasteiger partial charge in [-0.05, 0) is 60.2 Å². The molecule has 3 aromatic carbocycles. The molecule has 0 saturated carbocycles. The molecule has 6 rings (SSSR count). The van der Waals surface area contributed by atoms with Crippen LogP contribution in [0.25, 0.3) is 11.3 Å². The third-order valence-corrected chi connectivity index (χ3v) is 7.19. The molecule has 0 bridgehead atoms. The fourth-order valence-corrected chi connectivity index (χ4v) is 4.99. The van der Waals surface area contributed by atoms with E-state index < -0.39 is 0 Å². The van der Waals surface area contributed by atoms with Gasteiger partial charge >= 0.3 is 0 Å². The number of pyridine rings is 1. The number of nitrogens with one attached hydrogen (secondary N) is 2. The highest BCUT2D eigenvalue weighted by Crippen LogP contribution is 2.24. The Morgan fingerprint density at radius 2 is 1.56 bits per heavy atom. The number of nitrogens with zero attached hydrogens (tertiary/aromatic N) is 5. The molecule has 1 fully saturated rings. The third kappa shape index (κ3) is 7.52. The Balaban J connectivity index is 0.993. The number of amides is 1. The van der Waals surface area contributed by atoms with Crippen molar-refractivity contribution in [1.29, 1.82) is 0 Å². The summed E-state index contributed by atoms with van der Waals surface area (Å²) in [6.45, 7) is 6.24. The van der Waals surface area contributed by atoms with Gasteiger partial charge in [0.25, 0.3) is 0 Å². The van der Waals surface area contributed by atoms with Crippen LogP contribution in [0, 0.1) is 0 Å². The molecule has 43 heavy (non-hydrogen) atoms. The first-order valence-electron chi connectivity index (χ1n) is 14.3. The normalized spacial score (nSPS) is 13.4. The lowest BCUT2D eigenvalue weighted by Gasteiger charge is -2.36. The van der Waals surface area contributed by atoms with E-state index in [0.717, 1.165) is 61.1 Å². The monoisotopic (exact) mass is 571 g/mol. The number of benzene rings is 3. The molecule has 5 aromatic rings. The number of hydrogen-bond donors (Lipinski definition) is 2. The van der Waals surface area contributed by atoms with Crippen LogP contribution in [0.1, 0.15) is 12.5 Å². The van der Waals surface area contributed by atoms with Gasteiger partial charge in [-0.1, -0.05) is 36.4 Å². The summed E-state index contributed by atoms with van der Waals surface area (Å²) in [4.78, 5) is 29.7. The fraction of sp³-hybridized carbons (Fsp3) is 0.176. The Hall–Kier alpha value is -5.28. The van der Waals surface area contributed by atoms with Gasteiger partial charge in [0.2, 0.25) is 17.7 Å². The van der Waals surface area contributed by atoms with Crippen molar-refractivity contribution in [1.82, 2.24) is 19.9 Å². The van der Waals surface area contributed by atoms with Gasteiger partial charge in [0.1, 0.15) is 5.75 Å². The van der Waals surface area contributed by atoms with Crippen LogP contribution in [0.2, 0.25) is 0 Å². The fourth-order valence-electron chi connectivity index (χ4n) is 4.99. The molecule has 0 atom stereocenters. The summed E-state index contributed by atoms with van der Waals surface area (Å²) in [6, 6.07) is 31.6. The Kier molecular flexibility index (Phi) is 8.51. The number of rotatable bonds is 9. The smallest absolute Gasteiger partial charge is 0.227 e. The summed E-state index contributed by atoms with van der Waals surface area (Å²) < 4.78 is 5.81. The first-order valence-corrected chi connectivity index (χ1v) is 14.3. The highest BCUT2D eigenvalue weighted by atomic mass is 16.5. The number of anilines is 4. The molecule has 9 nitrogen and oxygen atoms in total. The molecule has 3 heterocycles. The van der Waals surface area contributed by atoms with Gasteiger partial charge in [0.05, 0.1) is 5.69 Å². The highest BCUT2D eigenvalue weighted by molar-refractivity contribution is 5.88. The second-order valence-electron chi connectivity index (χ2n) is 10.4. The van der Waals surface area contributed by atoms with Crippen LogP contribution in [0.15, 0.2) is 109 Å². The van der Waals surface area contributed by atoms with Crippen LogP contribution in [0.4, 0.5) is 23.0 Å². The summed E-state index contributed by atoms with van der Waals surface area (Å²) >= 11 is 0. The van der Waals surface area contributed by atoms with E-state index in [1.54, 1.807) is 6.20 Å². The molecule has 1 aliphatic rings. The lowest BCUT2D eigenvalue weighted by molar-refractivity contribution is -0.114. The third-order valence-electron chi connectivity index (χ3n) is 7.19. The van der Waals surface area contributed by atoms with Gasteiger partial charge in [-0.2, -0.15) is 0 Å². The number of ether oxygens (including phenoxy) is 1. The summed E-state index contributed by atoms with van der Waals surface area (Å²) in [5.41, 5.74) is 5.80. The maximum atomic E-state index is 11.3. The maximum Gasteiger partial charge on any atom is 0.227 e. The van der Waals surface area contributed by atoms with Crippen LogP contribution in [-0.2, 0) is 11.3 Å². The molecule has 2 N–H and O–H groups in total. The number of aromatic nitrogens is 3. The first-order chi connectivity index (χ1) is 21.1.